The maximum atomic E-state index is 9.12. The van der Waals surface area contributed by atoms with Crippen molar-refractivity contribution < 1.29 is 5.11 Å². The second-order valence-electron chi connectivity index (χ2n) is 3.82. The minimum absolute atomic E-state index is 0.161. The van der Waals surface area contributed by atoms with E-state index in [2.05, 4.69) is 32.0 Å². The highest BCUT2D eigenvalue weighted by atomic mass is 16.3. The van der Waals surface area contributed by atoms with E-state index in [1.165, 1.54) is 24.0 Å². The van der Waals surface area contributed by atoms with E-state index in [0.717, 1.165) is 18.4 Å². The summed E-state index contributed by atoms with van der Waals surface area (Å²) in [5.74, 6) is 0. The minimum atomic E-state index is 0.161. The number of hydrogen-bond donors (Lipinski definition) is 1. The molecule has 1 heteroatoms. The Morgan fingerprint density at radius 1 is 0.857 bits per heavy atom. The third-order valence-electron chi connectivity index (χ3n) is 2.37. The van der Waals surface area contributed by atoms with Gasteiger partial charge in [-0.25, -0.2) is 0 Å². The largest absolute Gasteiger partial charge is 0.392 e. The first-order chi connectivity index (χ1) is 6.80. The number of benzene rings is 1. The zero-order valence-electron chi connectivity index (χ0n) is 9.21. The van der Waals surface area contributed by atoms with E-state index in [9.17, 15) is 0 Å². The topological polar surface area (TPSA) is 20.2 Å². The van der Waals surface area contributed by atoms with Gasteiger partial charge < -0.3 is 5.11 Å². The molecule has 0 aliphatic carbocycles. The van der Waals surface area contributed by atoms with E-state index in [4.69, 9.17) is 5.11 Å². The summed E-state index contributed by atoms with van der Waals surface area (Å²) in [5, 5.41) is 9.12. The molecule has 0 heterocycles. The predicted octanol–water partition coefficient (Wildman–Crippen LogP) is 3.08. The average molecular weight is 192 g/mol. The van der Waals surface area contributed by atoms with Crippen LogP contribution in [0.2, 0.25) is 0 Å². The second kappa shape index (κ2) is 5.82. The number of hydrogen-bond acceptors (Lipinski definition) is 1. The van der Waals surface area contributed by atoms with Crippen molar-refractivity contribution in [2.45, 2.75) is 46.1 Å². The lowest BCUT2D eigenvalue weighted by Crippen LogP contribution is -1.93. The first kappa shape index (κ1) is 11.3. The second-order valence-corrected chi connectivity index (χ2v) is 3.82. The molecular formula is C13H20O. The molecule has 0 radical (unpaired) electrons. The maximum absolute atomic E-state index is 9.12. The zero-order valence-corrected chi connectivity index (χ0v) is 9.21. The highest BCUT2D eigenvalue weighted by molar-refractivity contribution is 5.30. The minimum Gasteiger partial charge on any atom is -0.392 e. The van der Waals surface area contributed by atoms with Crippen LogP contribution in [0, 0.1) is 0 Å². The van der Waals surface area contributed by atoms with Gasteiger partial charge in [0, 0.05) is 0 Å². The fourth-order valence-electron chi connectivity index (χ4n) is 1.80. The lowest BCUT2D eigenvalue weighted by Gasteiger charge is -2.07. The third kappa shape index (κ3) is 3.15. The molecule has 0 fully saturated rings. The summed E-state index contributed by atoms with van der Waals surface area (Å²) in [5.41, 5.74) is 3.78. The molecule has 1 nitrogen and oxygen atoms in total. The van der Waals surface area contributed by atoms with Crippen molar-refractivity contribution in [1.29, 1.82) is 0 Å². The molecule has 0 aromatic heterocycles. The number of aliphatic hydroxyl groups excluding tert-OH is 1. The number of aliphatic hydroxyl groups is 1. The van der Waals surface area contributed by atoms with Gasteiger partial charge in [-0.2, -0.15) is 0 Å². The van der Waals surface area contributed by atoms with Gasteiger partial charge in [0.25, 0.3) is 0 Å². The van der Waals surface area contributed by atoms with Crippen molar-refractivity contribution in [1.82, 2.24) is 0 Å². The summed E-state index contributed by atoms with van der Waals surface area (Å²) < 4.78 is 0. The Morgan fingerprint density at radius 2 is 1.29 bits per heavy atom. The molecule has 0 spiro atoms. The molecular weight excluding hydrogens is 172 g/mol. The molecule has 0 bridgehead atoms. The van der Waals surface area contributed by atoms with Gasteiger partial charge in [0.1, 0.15) is 0 Å². The van der Waals surface area contributed by atoms with Gasteiger partial charge in [-0.15, -0.1) is 0 Å². The van der Waals surface area contributed by atoms with Gasteiger partial charge in [0.15, 0.2) is 0 Å². The Hall–Kier alpha value is -0.820. The summed E-state index contributed by atoms with van der Waals surface area (Å²) in [6.07, 6.45) is 4.57. The standard InChI is InChI=1S/C13H20O/c1-3-5-11-7-12(6-4-2)9-13(8-11)10-14/h7-9,14H,3-6,10H2,1-2H3. The molecule has 0 aliphatic heterocycles. The van der Waals surface area contributed by atoms with Crippen LogP contribution in [0.1, 0.15) is 43.4 Å². The van der Waals surface area contributed by atoms with Gasteiger partial charge >= 0.3 is 0 Å². The quantitative estimate of drug-likeness (QED) is 0.760. The van der Waals surface area contributed by atoms with Crippen molar-refractivity contribution in [3.63, 3.8) is 0 Å². The smallest absolute Gasteiger partial charge is 0.0682 e. The van der Waals surface area contributed by atoms with E-state index in [-0.39, 0.29) is 6.61 Å². The Labute approximate surface area is 86.8 Å². The van der Waals surface area contributed by atoms with Crippen LogP contribution in [-0.4, -0.2) is 5.11 Å². The van der Waals surface area contributed by atoms with E-state index < -0.39 is 0 Å². The van der Waals surface area contributed by atoms with Crippen LogP contribution >= 0.6 is 0 Å². The molecule has 14 heavy (non-hydrogen) atoms. The molecule has 1 rings (SSSR count). The molecule has 1 aromatic rings. The summed E-state index contributed by atoms with van der Waals surface area (Å²) in [6, 6.07) is 6.50. The fourth-order valence-corrected chi connectivity index (χ4v) is 1.80. The van der Waals surface area contributed by atoms with Gasteiger partial charge in [-0.3, -0.25) is 0 Å². The third-order valence-corrected chi connectivity index (χ3v) is 2.37. The fraction of sp³-hybridized carbons (Fsp3) is 0.538. The average Bonchev–Trinajstić information content (AvgIpc) is 2.18. The van der Waals surface area contributed by atoms with Crippen LogP contribution in [-0.2, 0) is 19.4 Å². The first-order valence-electron chi connectivity index (χ1n) is 5.52. The Morgan fingerprint density at radius 3 is 1.64 bits per heavy atom. The maximum Gasteiger partial charge on any atom is 0.0682 e. The Kier molecular flexibility index (Phi) is 4.68. The molecule has 78 valence electrons. The monoisotopic (exact) mass is 192 g/mol. The summed E-state index contributed by atoms with van der Waals surface area (Å²) >= 11 is 0. The van der Waals surface area contributed by atoms with Crippen molar-refractivity contribution in [2.75, 3.05) is 0 Å². The lowest BCUT2D eigenvalue weighted by molar-refractivity contribution is 0.281. The van der Waals surface area contributed by atoms with Crippen LogP contribution in [0.3, 0.4) is 0 Å². The van der Waals surface area contributed by atoms with E-state index >= 15 is 0 Å². The van der Waals surface area contributed by atoms with Crippen LogP contribution in [0.4, 0.5) is 0 Å². The zero-order chi connectivity index (χ0) is 10.4. The van der Waals surface area contributed by atoms with Crippen LogP contribution in [0.25, 0.3) is 0 Å². The van der Waals surface area contributed by atoms with Crippen molar-refractivity contribution in [3.8, 4) is 0 Å². The van der Waals surface area contributed by atoms with Crippen molar-refractivity contribution in [3.05, 3.63) is 34.9 Å². The van der Waals surface area contributed by atoms with Crippen molar-refractivity contribution >= 4 is 0 Å². The molecule has 0 amide bonds. The summed E-state index contributed by atoms with van der Waals surface area (Å²) in [7, 11) is 0. The SMILES string of the molecule is CCCc1cc(CO)cc(CCC)c1. The molecule has 0 aliphatic rings. The lowest BCUT2D eigenvalue weighted by atomic mass is 10.0. The Balaban J connectivity index is 2.88. The van der Waals surface area contributed by atoms with E-state index in [1.807, 2.05) is 0 Å². The normalized spacial score (nSPS) is 10.5. The molecule has 0 saturated heterocycles. The molecule has 0 saturated carbocycles. The number of aryl methyl sites for hydroxylation is 2. The van der Waals surface area contributed by atoms with Crippen LogP contribution in [0.5, 0.6) is 0 Å². The van der Waals surface area contributed by atoms with E-state index in [0.29, 0.717) is 0 Å². The Bertz CT molecular complexity index is 254. The van der Waals surface area contributed by atoms with Crippen LogP contribution < -0.4 is 0 Å². The first-order valence-corrected chi connectivity index (χ1v) is 5.52. The van der Waals surface area contributed by atoms with Crippen molar-refractivity contribution in [2.24, 2.45) is 0 Å². The molecule has 1 aromatic carbocycles. The molecule has 0 unspecified atom stereocenters. The summed E-state index contributed by atoms with van der Waals surface area (Å²) in [6.45, 7) is 4.53. The molecule has 0 atom stereocenters. The van der Waals surface area contributed by atoms with Crippen LogP contribution in [0.15, 0.2) is 18.2 Å². The number of rotatable bonds is 5. The van der Waals surface area contributed by atoms with E-state index in [1.54, 1.807) is 0 Å². The van der Waals surface area contributed by atoms with Gasteiger partial charge in [-0.1, -0.05) is 44.9 Å². The van der Waals surface area contributed by atoms with Gasteiger partial charge in [0.05, 0.1) is 6.61 Å². The van der Waals surface area contributed by atoms with Gasteiger partial charge in [-0.05, 0) is 29.5 Å². The predicted molar refractivity (Wildman–Crippen MR) is 60.4 cm³/mol. The molecule has 1 N–H and O–H groups in total. The highest BCUT2D eigenvalue weighted by Crippen LogP contribution is 2.13. The highest BCUT2D eigenvalue weighted by Gasteiger charge is 1.99. The van der Waals surface area contributed by atoms with Gasteiger partial charge in [0.2, 0.25) is 0 Å². The summed E-state index contributed by atoms with van der Waals surface area (Å²) in [4.78, 5) is 0.